The van der Waals surface area contributed by atoms with Gasteiger partial charge in [-0.15, -0.1) is 12.4 Å². The van der Waals surface area contributed by atoms with Crippen LogP contribution in [0.25, 0.3) is 0 Å². The molecule has 136 valence electrons. The number of methoxy groups -OCH3 is 1. The highest BCUT2D eigenvalue weighted by atomic mass is 35.5. The minimum absolute atomic E-state index is 0. The zero-order valence-electron chi connectivity index (χ0n) is 14.1. The minimum Gasteiger partial charge on any atom is -0.496 e. The topological polar surface area (TPSA) is 50.7 Å². The van der Waals surface area contributed by atoms with Gasteiger partial charge in [-0.3, -0.25) is 0 Å². The van der Waals surface area contributed by atoms with Gasteiger partial charge in [0.25, 0.3) is 0 Å². The second-order valence-corrected chi connectivity index (χ2v) is 5.99. The molecule has 1 saturated heterocycles. The van der Waals surface area contributed by atoms with Crippen molar-refractivity contribution in [2.45, 2.75) is 18.1 Å². The third kappa shape index (κ3) is 4.30. The Balaban J connectivity index is 0.00000225. The first-order valence-electron chi connectivity index (χ1n) is 8.06. The number of morpholine rings is 1. The summed E-state index contributed by atoms with van der Waals surface area (Å²) in [6, 6.07) is 13.7. The Morgan fingerprint density at radius 3 is 2.68 bits per heavy atom. The normalized spacial score (nSPS) is 19.6. The van der Waals surface area contributed by atoms with Gasteiger partial charge in [0, 0.05) is 25.1 Å². The van der Waals surface area contributed by atoms with E-state index in [0.29, 0.717) is 24.5 Å². The smallest absolute Gasteiger partial charge is 0.123 e. The fourth-order valence-electron chi connectivity index (χ4n) is 3.18. The van der Waals surface area contributed by atoms with Gasteiger partial charge in [-0.05, 0) is 23.8 Å². The number of rotatable bonds is 5. The van der Waals surface area contributed by atoms with Gasteiger partial charge < -0.3 is 19.9 Å². The standard InChI is InChI=1S/C19H22FNO3.ClH/c1-23-17-8-7-16(20)11-14(17)12-19(22,15-5-3-2-4-6-15)18-13-21-9-10-24-18;/h2-8,11,18,21-22H,9-10,12-13H2,1H3;1H/t18?,19-;/m1./s1. The van der Waals surface area contributed by atoms with E-state index < -0.39 is 11.7 Å². The van der Waals surface area contributed by atoms with Gasteiger partial charge in [-0.1, -0.05) is 30.3 Å². The molecule has 2 N–H and O–H groups in total. The number of aliphatic hydroxyl groups is 1. The second-order valence-electron chi connectivity index (χ2n) is 5.99. The molecule has 2 atom stereocenters. The number of halogens is 2. The summed E-state index contributed by atoms with van der Waals surface area (Å²) in [4.78, 5) is 0. The molecule has 3 rings (SSSR count). The van der Waals surface area contributed by atoms with Gasteiger partial charge in [0.05, 0.1) is 13.7 Å². The second kappa shape index (κ2) is 8.63. The van der Waals surface area contributed by atoms with E-state index in [0.717, 1.165) is 12.1 Å². The quantitative estimate of drug-likeness (QED) is 0.853. The molecule has 6 heteroatoms. The lowest BCUT2D eigenvalue weighted by molar-refractivity contribution is -0.124. The Hall–Kier alpha value is -1.66. The first-order valence-corrected chi connectivity index (χ1v) is 8.06. The highest BCUT2D eigenvalue weighted by Crippen LogP contribution is 2.35. The third-order valence-corrected chi connectivity index (χ3v) is 4.44. The number of hydrogen-bond donors (Lipinski definition) is 2. The van der Waals surface area contributed by atoms with Crippen molar-refractivity contribution in [3.05, 3.63) is 65.5 Å². The van der Waals surface area contributed by atoms with Crippen LogP contribution in [0, 0.1) is 5.82 Å². The molecule has 2 aromatic rings. The van der Waals surface area contributed by atoms with Crippen molar-refractivity contribution in [1.29, 1.82) is 0 Å². The Labute approximate surface area is 153 Å². The van der Waals surface area contributed by atoms with Gasteiger partial charge in [0.1, 0.15) is 23.3 Å². The number of nitrogens with one attached hydrogen (secondary N) is 1. The zero-order valence-corrected chi connectivity index (χ0v) is 14.9. The lowest BCUT2D eigenvalue weighted by Crippen LogP contribution is -2.52. The lowest BCUT2D eigenvalue weighted by atomic mass is 9.81. The predicted octanol–water partition coefficient (Wildman–Crippen LogP) is 2.67. The lowest BCUT2D eigenvalue weighted by Gasteiger charge is -2.39. The van der Waals surface area contributed by atoms with Crippen LogP contribution >= 0.6 is 12.4 Å². The van der Waals surface area contributed by atoms with Crippen LogP contribution in [0.2, 0.25) is 0 Å². The van der Waals surface area contributed by atoms with Crippen molar-refractivity contribution < 1.29 is 19.0 Å². The molecule has 0 spiro atoms. The van der Waals surface area contributed by atoms with E-state index in [-0.39, 0.29) is 24.6 Å². The van der Waals surface area contributed by atoms with Gasteiger partial charge >= 0.3 is 0 Å². The molecule has 1 aliphatic heterocycles. The maximum Gasteiger partial charge on any atom is 0.123 e. The first kappa shape index (κ1) is 19.7. The molecule has 2 aromatic carbocycles. The van der Waals surface area contributed by atoms with Crippen LogP contribution in [0.15, 0.2) is 48.5 Å². The van der Waals surface area contributed by atoms with Crippen LogP contribution in [-0.2, 0) is 16.8 Å². The van der Waals surface area contributed by atoms with Gasteiger partial charge in [-0.2, -0.15) is 0 Å². The molecule has 1 heterocycles. The van der Waals surface area contributed by atoms with Crippen LogP contribution in [0.5, 0.6) is 5.75 Å². The summed E-state index contributed by atoms with van der Waals surface area (Å²) in [5.74, 6) is 0.193. The zero-order chi connectivity index (χ0) is 17.0. The molecular formula is C19H23ClFNO3. The van der Waals surface area contributed by atoms with Crippen LogP contribution in [0.3, 0.4) is 0 Å². The SMILES string of the molecule is COc1ccc(F)cc1C[C@@](O)(c1ccccc1)C1CNCCO1.Cl. The van der Waals surface area contributed by atoms with E-state index in [9.17, 15) is 9.50 Å². The summed E-state index contributed by atoms with van der Waals surface area (Å²) in [6.45, 7) is 1.81. The monoisotopic (exact) mass is 367 g/mol. The molecule has 4 nitrogen and oxygen atoms in total. The van der Waals surface area contributed by atoms with Crippen molar-refractivity contribution in [1.82, 2.24) is 5.32 Å². The number of ether oxygens (including phenoxy) is 2. The number of hydrogen-bond acceptors (Lipinski definition) is 4. The molecule has 0 aliphatic carbocycles. The van der Waals surface area contributed by atoms with Crippen LogP contribution in [0.1, 0.15) is 11.1 Å². The first-order chi connectivity index (χ1) is 11.6. The predicted molar refractivity (Wildman–Crippen MR) is 96.9 cm³/mol. The molecule has 0 bridgehead atoms. The van der Waals surface area contributed by atoms with Crippen molar-refractivity contribution in [3.63, 3.8) is 0 Å². The Morgan fingerprint density at radius 1 is 1.28 bits per heavy atom. The van der Waals surface area contributed by atoms with Crippen molar-refractivity contribution >= 4 is 12.4 Å². The average Bonchev–Trinajstić information content (AvgIpc) is 2.63. The molecule has 0 aromatic heterocycles. The molecule has 0 saturated carbocycles. The van der Waals surface area contributed by atoms with E-state index in [1.165, 1.54) is 19.2 Å². The summed E-state index contributed by atoms with van der Waals surface area (Å²) < 4.78 is 24.9. The molecule has 0 radical (unpaired) electrons. The fourth-order valence-corrected chi connectivity index (χ4v) is 3.18. The molecular weight excluding hydrogens is 345 g/mol. The van der Waals surface area contributed by atoms with Gasteiger partial charge in [0.2, 0.25) is 0 Å². The summed E-state index contributed by atoms with van der Waals surface area (Å²) in [5, 5.41) is 14.8. The van der Waals surface area contributed by atoms with Crippen molar-refractivity contribution in [2.75, 3.05) is 26.8 Å². The summed E-state index contributed by atoms with van der Waals surface area (Å²) >= 11 is 0. The summed E-state index contributed by atoms with van der Waals surface area (Å²) in [6.07, 6.45) is -0.230. The summed E-state index contributed by atoms with van der Waals surface area (Å²) in [7, 11) is 1.54. The highest BCUT2D eigenvalue weighted by molar-refractivity contribution is 5.85. The van der Waals surface area contributed by atoms with Gasteiger partial charge in [-0.25, -0.2) is 4.39 Å². The van der Waals surface area contributed by atoms with Crippen molar-refractivity contribution in [2.24, 2.45) is 0 Å². The van der Waals surface area contributed by atoms with E-state index >= 15 is 0 Å². The summed E-state index contributed by atoms with van der Waals surface area (Å²) in [5.41, 5.74) is 0.0680. The molecule has 1 unspecified atom stereocenters. The average molecular weight is 368 g/mol. The van der Waals surface area contributed by atoms with Crippen LogP contribution in [0.4, 0.5) is 4.39 Å². The molecule has 1 aliphatic rings. The molecule has 0 amide bonds. The molecule has 1 fully saturated rings. The van der Waals surface area contributed by atoms with E-state index in [1.54, 1.807) is 6.07 Å². The Morgan fingerprint density at radius 2 is 2.04 bits per heavy atom. The van der Waals surface area contributed by atoms with Crippen LogP contribution in [-0.4, -0.2) is 38.0 Å². The Kier molecular flexibility index (Phi) is 6.79. The van der Waals surface area contributed by atoms with Crippen molar-refractivity contribution in [3.8, 4) is 5.75 Å². The fraction of sp³-hybridized carbons (Fsp3) is 0.368. The van der Waals surface area contributed by atoms with E-state index in [1.807, 2.05) is 30.3 Å². The van der Waals surface area contributed by atoms with Crippen LogP contribution < -0.4 is 10.1 Å². The van der Waals surface area contributed by atoms with E-state index in [2.05, 4.69) is 5.32 Å². The molecule has 25 heavy (non-hydrogen) atoms. The van der Waals surface area contributed by atoms with E-state index in [4.69, 9.17) is 9.47 Å². The minimum atomic E-state index is -1.28. The number of benzene rings is 2. The third-order valence-electron chi connectivity index (χ3n) is 4.44. The largest absolute Gasteiger partial charge is 0.496 e. The maximum absolute atomic E-state index is 13.7. The van der Waals surface area contributed by atoms with Gasteiger partial charge in [0.15, 0.2) is 0 Å². The Bertz CT molecular complexity index is 680. The maximum atomic E-state index is 13.7. The highest BCUT2D eigenvalue weighted by Gasteiger charge is 2.41.